The Bertz CT molecular complexity index is 579. The molecule has 3 N–H and O–H groups in total. The third-order valence-corrected chi connectivity index (χ3v) is 5.22. The summed E-state index contributed by atoms with van der Waals surface area (Å²) >= 11 is 3.26. The van der Waals surface area contributed by atoms with Gasteiger partial charge >= 0.3 is 0 Å². The Morgan fingerprint density at radius 3 is 2.42 bits per heavy atom. The van der Waals surface area contributed by atoms with Crippen molar-refractivity contribution in [3.63, 3.8) is 0 Å². The Labute approximate surface area is 122 Å². The van der Waals surface area contributed by atoms with Gasteiger partial charge in [-0.1, -0.05) is 0 Å². The maximum absolute atomic E-state index is 12.4. The van der Waals surface area contributed by atoms with E-state index >= 15 is 0 Å². The van der Waals surface area contributed by atoms with Crippen molar-refractivity contribution in [3.8, 4) is 0 Å². The average molecular weight is 351 g/mol. The molecule has 1 aromatic rings. The fourth-order valence-electron chi connectivity index (χ4n) is 1.74. The monoisotopic (exact) mass is 350 g/mol. The van der Waals surface area contributed by atoms with Crippen LogP contribution in [0.25, 0.3) is 0 Å². The number of nitrogen functional groups attached to an aromatic ring is 1. The summed E-state index contributed by atoms with van der Waals surface area (Å²) in [5.41, 5.74) is 5.60. The van der Waals surface area contributed by atoms with Crippen molar-refractivity contribution in [2.45, 2.75) is 31.3 Å². The molecule has 0 aliphatic heterocycles. The molecular weight excluding hydrogens is 332 g/mol. The van der Waals surface area contributed by atoms with Crippen LogP contribution >= 0.6 is 15.9 Å². The third-order valence-electron chi connectivity index (χ3n) is 2.59. The highest BCUT2D eigenvalue weighted by atomic mass is 79.9. The first kappa shape index (κ1) is 16.4. The van der Waals surface area contributed by atoms with Gasteiger partial charge < -0.3 is 10.8 Å². The second kappa shape index (κ2) is 5.40. The summed E-state index contributed by atoms with van der Waals surface area (Å²) in [5, 5.41) is 9.73. The van der Waals surface area contributed by atoms with E-state index < -0.39 is 15.6 Å². The van der Waals surface area contributed by atoms with Crippen LogP contribution in [0.2, 0.25) is 0 Å². The number of aryl methyl sites for hydroxylation is 1. The lowest BCUT2D eigenvalue weighted by atomic mass is 10.1. The van der Waals surface area contributed by atoms with E-state index in [1.807, 2.05) is 0 Å². The second-order valence-electron chi connectivity index (χ2n) is 5.21. The van der Waals surface area contributed by atoms with E-state index in [1.54, 1.807) is 26.8 Å². The first-order valence-electron chi connectivity index (χ1n) is 5.69. The highest BCUT2D eigenvalue weighted by Crippen LogP contribution is 2.28. The summed E-state index contributed by atoms with van der Waals surface area (Å²) in [4.78, 5) is 0.153. The van der Waals surface area contributed by atoms with Gasteiger partial charge in [-0.2, -0.15) is 4.31 Å². The molecule has 19 heavy (non-hydrogen) atoms. The van der Waals surface area contributed by atoms with Gasteiger partial charge in [0, 0.05) is 23.8 Å². The van der Waals surface area contributed by atoms with Crippen LogP contribution in [0.3, 0.4) is 0 Å². The van der Waals surface area contributed by atoms with Gasteiger partial charge in [0.1, 0.15) is 0 Å². The van der Waals surface area contributed by atoms with Crippen molar-refractivity contribution in [2.24, 2.45) is 0 Å². The van der Waals surface area contributed by atoms with Crippen molar-refractivity contribution in [3.05, 3.63) is 22.2 Å². The van der Waals surface area contributed by atoms with Gasteiger partial charge in [-0.3, -0.25) is 0 Å². The van der Waals surface area contributed by atoms with Gasteiger partial charge in [-0.05, 0) is 54.4 Å². The normalized spacial score (nSPS) is 13.0. The Morgan fingerprint density at radius 1 is 1.42 bits per heavy atom. The Kier molecular flexibility index (Phi) is 4.66. The lowest BCUT2D eigenvalue weighted by molar-refractivity contribution is 0.0640. The molecule has 1 rings (SSSR count). The molecule has 0 saturated heterocycles. The molecule has 0 saturated carbocycles. The predicted molar refractivity (Wildman–Crippen MR) is 79.4 cm³/mol. The maximum atomic E-state index is 12.4. The minimum absolute atomic E-state index is 0.00470. The molecule has 0 atom stereocenters. The summed E-state index contributed by atoms with van der Waals surface area (Å²) in [6.45, 7) is 4.82. The molecule has 0 aromatic heterocycles. The SMILES string of the molecule is Cc1cc(Br)c(N)cc1S(=O)(=O)N(C)CC(C)(C)O. The van der Waals surface area contributed by atoms with E-state index in [9.17, 15) is 13.5 Å². The predicted octanol–water partition coefficient (Wildman–Crippen LogP) is 1.73. The number of aliphatic hydroxyl groups is 1. The molecule has 1 aromatic carbocycles. The Morgan fingerprint density at radius 2 is 1.95 bits per heavy atom. The molecular formula is C12H19BrN2O3S. The summed E-state index contributed by atoms with van der Waals surface area (Å²) in [6.07, 6.45) is 0. The largest absolute Gasteiger partial charge is 0.398 e. The number of likely N-dealkylation sites (N-methyl/N-ethyl adjacent to an activating group) is 1. The first-order valence-corrected chi connectivity index (χ1v) is 7.93. The van der Waals surface area contributed by atoms with Crippen LogP contribution in [0, 0.1) is 6.92 Å². The number of nitrogens with two attached hydrogens (primary N) is 1. The van der Waals surface area contributed by atoms with Gasteiger partial charge in [0.05, 0.1) is 10.5 Å². The number of halogens is 1. The number of rotatable bonds is 4. The number of hydrogen-bond acceptors (Lipinski definition) is 4. The fraction of sp³-hybridized carbons (Fsp3) is 0.500. The van der Waals surface area contributed by atoms with Crippen LogP contribution in [-0.2, 0) is 10.0 Å². The zero-order valence-corrected chi connectivity index (χ0v) is 13.8. The Hall–Kier alpha value is -0.630. The second-order valence-corrected chi connectivity index (χ2v) is 8.08. The van der Waals surface area contributed by atoms with Crippen molar-refractivity contribution >= 4 is 31.6 Å². The number of benzene rings is 1. The summed E-state index contributed by atoms with van der Waals surface area (Å²) in [5.74, 6) is 0. The minimum atomic E-state index is -3.67. The minimum Gasteiger partial charge on any atom is -0.398 e. The molecule has 0 bridgehead atoms. The van der Waals surface area contributed by atoms with E-state index in [0.717, 1.165) is 4.31 Å². The molecule has 0 radical (unpaired) electrons. The Balaban J connectivity index is 3.25. The molecule has 0 aliphatic rings. The van der Waals surface area contributed by atoms with Crippen molar-refractivity contribution in [1.29, 1.82) is 0 Å². The molecule has 0 spiro atoms. The van der Waals surface area contributed by atoms with Crippen molar-refractivity contribution in [1.82, 2.24) is 4.31 Å². The van der Waals surface area contributed by atoms with Crippen LogP contribution in [-0.4, -0.2) is 37.0 Å². The molecule has 0 amide bonds. The molecule has 108 valence electrons. The highest BCUT2D eigenvalue weighted by Gasteiger charge is 2.28. The van der Waals surface area contributed by atoms with Crippen LogP contribution < -0.4 is 5.73 Å². The summed E-state index contributed by atoms with van der Waals surface area (Å²) < 4.78 is 26.7. The molecule has 0 fully saturated rings. The lowest BCUT2D eigenvalue weighted by Crippen LogP contribution is -2.39. The molecule has 7 heteroatoms. The van der Waals surface area contributed by atoms with Gasteiger partial charge in [0.15, 0.2) is 0 Å². The highest BCUT2D eigenvalue weighted by molar-refractivity contribution is 9.10. The van der Waals surface area contributed by atoms with E-state index in [-0.39, 0.29) is 11.4 Å². The van der Waals surface area contributed by atoms with Gasteiger partial charge in [-0.15, -0.1) is 0 Å². The van der Waals surface area contributed by atoms with Gasteiger partial charge in [0.25, 0.3) is 0 Å². The van der Waals surface area contributed by atoms with E-state index in [1.165, 1.54) is 13.1 Å². The molecule has 0 unspecified atom stereocenters. The number of sulfonamides is 1. The first-order chi connectivity index (χ1) is 8.45. The van der Waals surface area contributed by atoms with Gasteiger partial charge in [0.2, 0.25) is 10.0 Å². The molecule has 0 aliphatic carbocycles. The van der Waals surface area contributed by atoms with E-state index in [0.29, 0.717) is 15.7 Å². The number of anilines is 1. The third kappa shape index (κ3) is 3.92. The van der Waals surface area contributed by atoms with Crippen molar-refractivity contribution < 1.29 is 13.5 Å². The van der Waals surface area contributed by atoms with Crippen molar-refractivity contribution in [2.75, 3.05) is 19.3 Å². The fourth-order valence-corrected chi connectivity index (χ4v) is 3.77. The summed E-state index contributed by atoms with van der Waals surface area (Å²) in [6, 6.07) is 3.09. The molecule has 5 nitrogen and oxygen atoms in total. The average Bonchev–Trinajstić information content (AvgIpc) is 2.20. The van der Waals surface area contributed by atoms with Crippen LogP contribution in [0.15, 0.2) is 21.5 Å². The lowest BCUT2D eigenvalue weighted by Gasteiger charge is -2.25. The smallest absolute Gasteiger partial charge is 0.243 e. The van der Waals surface area contributed by atoms with E-state index in [4.69, 9.17) is 5.73 Å². The maximum Gasteiger partial charge on any atom is 0.243 e. The number of hydrogen-bond donors (Lipinski definition) is 2. The van der Waals surface area contributed by atoms with Crippen LogP contribution in [0.1, 0.15) is 19.4 Å². The molecule has 0 heterocycles. The number of nitrogens with zero attached hydrogens (tertiary/aromatic N) is 1. The zero-order chi connectivity index (χ0) is 15.0. The summed E-state index contributed by atoms with van der Waals surface area (Å²) in [7, 11) is -2.23. The zero-order valence-electron chi connectivity index (χ0n) is 11.4. The standard InChI is InChI=1S/C12H19BrN2O3S/c1-8-5-9(13)10(14)6-11(8)19(17,18)15(4)7-12(2,3)16/h5-6,16H,7,14H2,1-4H3. The topological polar surface area (TPSA) is 83.6 Å². The van der Waals surface area contributed by atoms with Crippen LogP contribution in [0.5, 0.6) is 0 Å². The van der Waals surface area contributed by atoms with E-state index in [2.05, 4.69) is 15.9 Å². The van der Waals surface area contributed by atoms with Crippen LogP contribution in [0.4, 0.5) is 5.69 Å². The van der Waals surface area contributed by atoms with Gasteiger partial charge in [-0.25, -0.2) is 8.42 Å². The quantitative estimate of drug-likeness (QED) is 0.810.